The molecule has 1 aliphatic heterocycles. The highest BCUT2D eigenvalue weighted by atomic mass is 32.2. The van der Waals surface area contributed by atoms with Crippen LogP contribution in [0.2, 0.25) is 0 Å². The first-order valence-electron chi connectivity index (χ1n) is 8.99. The first kappa shape index (κ1) is 18.4. The van der Waals surface area contributed by atoms with E-state index in [-0.39, 0.29) is 23.3 Å². The summed E-state index contributed by atoms with van der Waals surface area (Å²) in [4.78, 5) is 32.9. The van der Waals surface area contributed by atoms with E-state index in [1.165, 1.54) is 17.8 Å². The van der Waals surface area contributed by atoms with Gasteiger partial charge in [0.15, 0.2) is 16.8 Å². The Kier molecular flexibility index (Phi) is 4.99. The van der Waals surface area contributed by atoms with Gasteiger partial charge in [0.1, 0.15) is 0 Å². The Morgan fingerprint density at radius 1 is 1.29 bits per heavy atom. The first-order valence-corrected chi connectivity index (χ1v) is 9.97. The molecule has 0 saturated carbocycles. The van der Waals surface area contributed by atoms with Crippen molar-refractivity contribution >= 4 is 17.7 Å². The zero-order valence-corrected chi connectivity index (χ0v) is 16.4. The predicted octanol–water partition coefficient (Wildman–Crippen LogP) is 2.03. The molecule has 0 unspecified atom stereocenters. The van der Waals surface area contributed by atoms with Crippen LogP contribution in [0.25, 0.3) is 11.4 Å². The van der Waals surface area contributed by atoms with E-state index in [1.807, 2.05) is 30.3 Å². The number of amides is 1. The summed E-state index contributed by atoms with van der Waals surface area (Å²) in [5, 5.41) is 9.11. The predicted molar refractivity (Wildman–Crippen MR) is 106 cm³/mol. The summed E-state index contributed by atoms with van der Waals surface area (Å²) < 4.78 is 2.10. The van der Waals surface area contributed by atoms with E-state index in [9.17, 15) is 9.59 Å². The highest BCUT2D eigenvalue weighted by Gasteiger charge is 2.29. The maximum absolute atomic E-state index is 12.7. The molecule has 1 N–H and O–H groups in total. The Labute approximate surface area is 166 Å². The lowest BCUT2D eigenvalue weighted by molar-refractivity contribution is -0.130. The SMILES string of the molecule is Cc1cc(=O)[nH]c(SCC(=O)N2Cc3nnc(-c4ccccc4)n3[C@@H](C)C2)n1. The van der Waals surface area contributed by atoms with Gasteiger partial charge in [-0.05, 0) is 13.8 Å². The van der Waals surface area contributed by atoms with E-state index < -0.39 is 0 Å². The van der Waals surface area contributed by atoms with Gasteiger partial charge in [0.05, 0.1) is 18.3 Å². The van der Waals surface area contributed by atoms with Gasteiger partial charge in [-0.15, -0.1) is 10.2 Å². The van der Waals surface area contributed by atoms with Crippen LogP contribution in [-0.2, 0) is 11.3 Å². The number of fused-ring (bicyclic) bond motifs is 1. The highest BCUT2D eigenvalue weighted by molar-refractivity contribution is 7.99. The second-order valence-corrected chi connectivity index (χ2v) is 7.74. The van der Waals surface area contributed by atoms with E-state index in [4.69, 9.17) is 0 Å². The summed E-state index contributed by atoms with van der Waals surface area (Å²) in [5.41, 5.74) is 1.43. The molecule has 1 aliphatic rings. The molecule has 0 saturated heterocycles. The Hall–Kier alpha value is -2.94. The molecule has 0 radical (unpaired) electrons. The van der Waals surface area contributed by atoms with Crippen LogP contribution in [-0.4, -0.2) is 47.8 Å². The van der Waals surface area contributed by atoms with Gasteiger partial charge in [-0.3, -0.25) is 9.59 Å². The molecular formula is C19H20N6O2S. The Balaban J connectivity index is 1.48. The summed E-state index contributed by atoms with van der Waals surface area (Å²) in [6, 6.07) is 11.4. The molecule has 3 aromatic rings. The minimum atomic E-state index is -0.212. The molecule has 1 aromatic carbocycles. The fourth-order valence-electron chi connectivity index (χ4n) is 3.35. The first-order chi connectivity index (χ1) is 13.5. The van der Waals surface area contributed by atoms with Gasteiger partial charge in [0.25, 0.3) is 5.56 Å². The highest BCUT2D eigenvalue weighted by Crippen LogP contribution is 2.27. The second kappa shape index (κ2) is 7.59. The van der Waals surface area contributed by atoms with Crippen LogP contribution in [0.15, 0.2) is 46.3 Å². The number of rotatable bonds is 4. The molecule has 1 atom stereocenters. The lowest BCUT2D eigenvalue weighted by Gasteiger charge is -2.32. The number of benzene rings is 1. The topological polar surface area (TPSA) is 96.8 Å². The van der Waals surface area contributed by atoms with E-state index in [1.54, 1.807) is 11.8 Å². The van der Waals surface area contributed by atoms with Crippen LogP contribution < -0.4 is 5.56 Å². The van der Waals surface area contributed by atoms with E-state index in [0.717, 1.165) is 17.2 Å². The van der Waals surface area contributed by atoms with Gasteiger partial charge in [-0.1, -0.05) is 42.1 Å². The number of hydrogen-bond donors (Lipinski definition) is 1. The minimum absolute atomic E-state index is 0.0171. The van der Waals surface area contributed by atoms with Crippen molar-refractivity contribution in [3.8, 4) is 11.4 Å². The number of nitrogens with zero attached hydrogens (tertiary/aromatic N) is 5. The van der Waals surface area contributed by atoms with Crippen LogP contribution in [0.5, 0.6) is 0 Å². The lowest BCUT2D eigenvalue weighted by Crippen LogP contribution is -2.41. The van der Waals surface area contributed by atoms with Crippen molar-refractivity contribution < 1.29 is 4.79 Å². The van der Waals surface area contributed by atoms with Crippen molar-refractivity contribution in [2.24, 2.45) is 0 Å². The molecule has 0 bridgehead atoms. The average Bonchev–Trinajstić information content (AvgIpc) is 3.11. The number of thioether (sulfide) groups is 1. The average molecular weight is 396 g/mol. The van der Waals surface area contributed by atoms with Crippen molar-refractivity contribution in [1.82, 2.24) is 29.6 Å². The molecule has 0 aliphatic carbocycles. The fourth-order valence-corrected chi connectivity index (χ4v) is 4.17. The molecular weight excluding hydrogens is 376 g/mol. The Morgan fingerprint density at radius 2 is 2.07 bits per heavy atom. The van der Waals surface area contributed by atoms with Gasteiger partial charge < -0.3 is 14.5 Å². The molecule has 28 heavy (non-hydrogen) atoms. The molecule has 0 fully saturated rings. The molecule has 9 heteroatoms. The van der Waals surface area contributed by atoms with Crippen molar-refractivity contribution in [2.75, 3.05) is 12.3 Å². The number of carbonyl (C=O) groups excluding carboxylic acids is 1. The molecule has 8 nitrogen and oxygen atoms in total. The minimum Gasteiger partial charge on any atom is -0.332 e. The number of aromatic amines is 1. The van der Waals surface area contributed by atoms with Gasteiger partial charge in [-0.2, -0.15) is 0 Å². The van der Waals surface area contributed by atoms with E-state index in [2.05, 4.69) is 31.7 Å². The van der Waals surface area contributed by atoms with E-state index >= 15 is 0 Å². The third-order valence-electron chi connectivity index (χ3n) is 4.59. The zero-order valence-electron chi connectivity index (χ0n) is 15.6. The maximum atomic E-state index is 12.7. The van der Waals surface area contributed by atoms with Crippen LogP contribution in [0.4, 0.5) is 0 Å². The monoisotopic (exact) mass is 396 g/mol. The van der Waals surface area contributed by atoms with Crippen LogP contribution in [0.3, 0.4) is 0 Å². The van der Waals surface area contributed by atoms with Gasteiger partial charge in [0, 0.05) is 23.9 Å². The third kappa shape index (κ3) is 3.70. The number of H-pyrrole nitrogens is 1. The fraction of sp³-hybridized carbons (Fsp3) is 0.316. The summed E-state index contributed by atoms with van der Waals surface area (Å²) in [6.07, 6.45) is 0. The van der Waals surface area contributed by atoms with Gasteiger partial charge in [0.2, 0.25) is 5.91 Å². The Morgan fingerprint density at radius 3 is 2.82 bits per heavy atom. The lowest BCUT2D eigenvalue weighted by atomic mass is 10.1. The van der Waals surface area contributed by atoms with Crippen molar-refractivity contribution in [3.05, 3.63) is 58.3 Å². The molecule has 144 valence electrons. The Bertz CT molecular complexity index is 1060. The third-order valence-corrected chi connectivity index (χ3v) is 5.45. The molecule has 2 aromatic heterocycles. The standard InChI is InChI=1S/C19H20N6O2S/c1-12-8-16(26)21-19(20-12)28-11-17(27)24-9-13(2)25-15(10-24)22-23-18(25)14-6-4-3-5-7-14/h3-8,13H,9-11H2,1-2H3,(H,20,21,26)/t13-/m0/s1. The summed E-state index contributed by atoms with van der Waals surface area (Å²) >= 11 is 1.23. The van der Waals surface area contributed by atoms with Crippen molar-refractivity contribution in [3.63, 3.8) is 0 Å². The number of hydrogen-bond acceptors (Lipinski definition) is 6. The normalized spacial score (nSPS) is 16.1. The van der Waals surface area contributed by atoms with Crippen molar-refractivity contribution in [2.45, 2.75) is 31.6 Å². The van der Waals surface area contributed by atoms with Crippen molar-refractivity contribution in [1.29, 1.82) is 0 Å². The number of carbonyl (C=O) groups is 1. The largest absolute Gasteiger partial charge is 0.332 e. The maximum Gasteiger partial charge on any atom is 0.251 e. The number of aryl methyl sites for hydroxylation is 1. The molecule has 4 rings (SSSR count). The summed E-state index contributed by atoms with van der Waals surface area (Å²) in [6.45, 7) is 4.82. The summed E-state index contributed by atoms with van der Waals surface area (Å²) in [5.74, 6) is 1.79. The smallest absolute Gasteiger partial charge is 0.251 e. The van der Waals surface area contributed by atoms with Crippen LogP contribution in [0.1, 0.15) is 24.5 Å². The molecule has 3 heterocycles. The molecule has 0 spiro atoms. The second-order valence-electron chi connectivity index (χ2n) is 6.78. The summed E-state index contributed by atoms with van der Waals surface area (Å²) in [7, 11) is 0. The van der Waals surface area contributed by atoms with Gasteiger partial charge >= 0.3 is 0 Å². The zero-order chi connectivity index (χ0) is 19.7. The van der Waals surface area contributed by atoms with Crippen LogP contribution >= 0.6 is 11.8 Å². The quantitative estimate of drug-likeness (QED) is 0.535. The van der Waals surface area contributed by atoms with E-state index in [0.29, 0.717) is 23.9 Å². The van der Waals surface area contributed by atoms with Gasteiger partial charge in [-0.25, -0.2) is 4.98 Å². The van der Waals surface area contributed by atoms with Crippen LogP contribution in [0, 0.1) is 6.92 Å². The number of aromatic nitrogens is 5. The molecule has 1 amide bonds. The number of nitrogens with one attached hydrogen (secondary N) is 1.